The van der Waals surface area contributed by atoms with Gasteiger partial charge in [0.1, 0.15) is 11.5 Å². The average molecular weight is 289 g/mol. The standard InChI is InChI=1S/C16H13ClO3/c1-18-11-3-5-12-13-4-2-10(17)6-15(13)20-16(8-19-9-16)14(12)7-11/h2-7H,8-9H2,1H3. The Hall–Kier alpha value is -1.71. The summed E-state index contributed by atoms with van der Waals surface area (Å²) in [6.45, 7) is 1.11. The van der Waals surface area contributed by atoms with Gasteiger partial charge in [-0.2, -0.15) is 0 Å². The summed E-state index contributed by atoms with van der Waals surface area (Å²) >= 11 is 6.07. The van der Waals surface area contributed by atoms with Crippen molar-refractivity contribution in [2.45, 2.75) is 5.60 Å². The van der Waals surface area contributed by atoms with E-state index in [1.165, 1.54) is 0 Å². The lowest BCUT2D eigenvalue weighted by molar-refractivity contribution is -0.169. The van der Waals surface area contributed by atoms with Crippen molar-refractivity contribution in [1.82, 2.24) is 0 Å². The van der Waals surface area contributed by atoms with Crippen molar-refractivity contribution in [2.75, 3.05) is 20.3 Å². The van der Waals surface area contributed by atoms with Crippen LogP contribution < -0.4 is 9.47 Å². The quantitative estimate of drug-likeness (QED) is 0.802. The van der Waals surface area contributed by atoms with Gasteiger partial charge < -0.3 is 14.2 Å². The largest absolute Gasteiger partial charge is 0.497 e. The number of hydrogen-bond donors (Lipinski definition) is 0. The lowest BCUT2D eigenvalue weighted by Crippen LogP contribution is -2.53. The molecule has 1 saturated heterocycles. The first-order valence-electron chi connectivity index (χ1n) is 6.47. The third-order valence-electron chi connectivity index (χ3n) is 3.93. The second-order valence-electron chi connectivity index (χ2n) is 5.14. The van der Waals surface area contributed by atoms with Crippen LogP contribution in [0.2, 0.25) is 5.02 Å². The van der Waals surface area contributed by atoms with Crippen LogP contribution in [0.3, 0.4) is 0 Å². The molecule has 2 heterocycles. The van der Waals surface area contributed by atoms with E-state index < -0.39 is 5.60 Å². The minimum absolute atomic E-state index is 0.401. The van der Waals surface area contributed by atoms with E-state index in [0.29, 0.717) is 18.2 Å². The van der Waals surface area contributed by atoms with E-state index >= 15 is 0 Å². The van der Waals surface area contributed by atoms with Gasteiger partial charge in [0.2, 0.25) is 0 Å². The number of halogens is 1. The molecular formula is C16H13ClO3. The molecule has 0 N–H and O–H groups in total. The van der Waals surface area contributed by atoms with Gasteiger partial charge >= 0.3 is 0 Å². The zero-order chi connectivity index (χ0) is 13.7. The molecule has 3 nitrogen and oxygen atoms in total. The Balaban J connectivity index is 1.97. The smallest absolute Gasteiger partial charge is 0.181 e. The highest BCUT2D eigenvalue weighted by atomic mass is 35.5. The highest BCUT2D eigenvalue weighted by molar-refractivity contribution is 6.30. The number of benzene rings is 2. The zero-order valence-corrected chi connectivity index (χ0v) is 11.7. The first kappa shape index (κ1) is 12.1. The van der Waals surface area contributed by atoms with Crippen molar-refractivity contribution in [2.24, 2.45) is 0 Å². The minimum Gasteiger partial charge on any atom is -0.497 e. The summed E-state index contributed by atoms with van der Waals surface area (Å²) in [6, 6.07) is 11.8. The number of rotatable bonds is 1. The zero-order valence-electron chi connectivity index (χ0n) is 11.0. The molecule has 0 radical (unpaired) electrons. The molecule has 0 aliphatic carbocycles. The van der Waals surface area contributed by atoms with Crippen molar-refractivity contribution < 1.29 is 14.2 Å². The number of fused-ring (bicyclic) bond motifs is 4. The molecule has 0 aromatic heterocycles. The molecule has 0 saturated carbocycles. The summed E-state index contributed by atoms with van der Waals surface area (Å²) < 4.78 is 16.9. The molecule has 2 aromatic rings. The van der Waals surface area contributed by atoms with Gasteiger partial charge in [0.15, 0.2) is 5.60 Å². The van der Waals surface area contributed by atoms with Crippen molar-refractivity contribution in [3.63, 3.8) is 0 Å². The first-order valence-corrected chi connectivity index (χ1v) is 6.85. The Bertz CT molecular complexity index is 692. The number of hydrogen-bond acceptors (Lipinski definition) is 3. The van der Waals surface area contributed by atoms with E-state index in [9.17, 15) is 0 Å². The van der Waals surface area contributed by atoms with E-state index in [0.717, 1.165) is 28.2 Å². The fraction of sp³-hybridized carbons (Fsp3) is 0.250. The molecule has 4 rings (SSSR count). The Morgan fingerprint density at radius 3 is 2.60 bits per heavy atom. The van der Waals surface area contributed by atoms with Gasteiger partial charge in [-0.1, -0.05) is 17.7 Å². The van der Waals surface area contributed by atoms with Gasteiger partial charge in [0.25, 0.3) is 0 Å². The van der Waals surface area contributed by atoms with E-state index in [4.69, 9.17) is 25.8 Å². The van der Waals surface area contributed by atoms with Gasteiger partial charge in [0.05, 0.1) is 20.3 Å². The average Bonchev–Trinajstić information content (AvgIpc) is 2.43. The molecule has 1 spiro atoms. The predicted octanol–water partition coefficient (Wildman–Crippen LogP) is 3.63. The normalized spacial score (nSPS) is 17.7. The van der Waals surface area contributed by atoms with Crippen molar-refractivity contribution in [1.29, 1.82) is 0 Å². The lowest BCUT2D eigenvalue weighted by Gasteiger charge is -2.45. The van der Waals surface area contributed by atoms with Crippen LogP contribution in [-0.4, -0.2) is 20.3 Å². The van der Waals surface area contributed by atoms with Crippen molar-refractivity contribution in [3.05, 3.63) is 47.0 Å². The van der Waals surface area contributed by atoms with Crippen LogP contribution in [0.15, 0.2) is 36.4 Å². The predicted molar refractivity (Wildman–Crippen MR) is 76.6 cm³/mol. The monoisotopic (exact) mass is 288 g/mol. The lowest BCUT2D eigenvalue weighted by atomic mass is 9.82. The third kappa shape index (κ3) is 1.57. The van der Waals surface area contributed by atoms with Crippen molar-refractivity contribution >= 4 is 11.6 Å². The van der Waals surface area contributed by atoms with Crippen LogP contribution in [0.1, 0.15) is 5.56 Å². The van der Waals surface area contributed by atoms with Gasteiger partial charge in [-0.15, -0.1) is 0 Å². The molecule has 2 aliphatic rings. The van der Waals surface area contributed by atoms with Crippen molar-refractivity contribution in [3.8, 4) is 22.6 Å². The maximum atomic E-state index is 6.20. The molecule has 2 aromatic carbocycles. The van der Waals surface area contributed by atoms with Gasteiger partial charge in [-0.25, -0.2) is 0 Å². The molecule has 2 aliphatic heterocycles. The maximum Gasteiger partial charge on any atom is 0.181 e. The second kappa shape index (κ2) is 4.14. The van der Waals surface area contributed by atoms with Crippen LogP contribution in [0.25, 0.3) is 11.1 Å². The molecular weight excluding hydrogens is 276 g/mol. The molecule has 102 valence electrons. The molecule has 4 heteroatoms. The summed E-state index contributed by atoms with van der Waals surface area (Å²) in [6.07, 6.45) is 0. The second-order valence-corrected chi connectivity index (χ2v) is 5.58. The van der Waals surface area contributed by atoms with Crippen LogP contribution in [-0.2, 0) is 10.3 Å². The summed E-state index contributed by atoms with van der Waals surface area (Å²) in [5, 5.41) is 0.677. The maximum absolute atomic E-state index is 6.20. The fourth-order valence-electron chi connectivity index (χ4n) is 2.83. The summed E-state index contributed by atoms with van der Waals surface area (Å²) in [5.41, 5.74) is 2.94. The Labute approximate surface area is 122 Å². The van der Waals surface area contributed by atoms with Crippen LogP contribution in [0.4, 0.5) is 0 Å². The van der Waals surface area contributed by atoms with Gasteiger partial charge in [0, 0.05) is 16.1 Å². The van der Waals surface area contributed by atoms with Crippen LogP contribution in [0.5, 0.6) is 11.5 Å². The summed E-state index contributed by atoms with van der Waals surface area (Å²) in [4.78, 5) is 0. The summed E-state index contributed by atoms with van der Waals surface area (Å²) in [7, 11) is 1.67. The Kier molecular flexibility index (Phi) is 2.50. The van der Waals surface area contributed by atoms with Crippen LogP contribution >= 0.6 is 11.6 Å². The summed E-state index contributed by atoms with van der Waals surface area (Å²) in [5.74, 6) is 1.65. The molecule has 0 atom stereocenters. The fourth-order valence-corrected chi connectivity index (χ4v) is 2.99. The highest BCUT2D eigenvalue weighted by Crippen LogP contribution is 2.49. The SMILES string of the molecule is COc1ccc2c(c1)C1(COC1)Oc1cc(Cl)ccc1-2. The van der Waals surface area contributed by atoms with Gasteiger partial charge in [-0.05, 0) is 35.9 Å². The topological polar surface area (TPSA) is 27.7 Å². The van der Waals surface area contributed by atoms with E-state index in [1.807, 2.05) is 30.3 Å². The molecule has 1 fully saturated rings. The van der Waals surface area contributed by atoms with E-state index in [-0.39, 0.29) is 0 Å². The number of methoxy groups -OCH3 is 1. The highest BCUT2D eigenvalue weighted by Gasteiger charge is 2.47. The van der Waals surface area contributed by atoms with E-state index in [1.54, 1.807) is 7.11 Å². The Morgan fingerprint density at radius 1 is 1.10 bits per heavy atom. The van der Waals surface area contributed by atoms with E-state index in [2.05, 4.69) is 6.07 Å². The minimum atomic E-state index is -0.401. The first-order chi connectivity index (χ1) is 9.72. The Morgan fingerprint density at radius 2 is 1.90 bits per heavy atom. The molecule has 0 unspecified atom stereocenters. The molecule has 0 amide bonds. The van der Waals surface area contributed by atoms with Gasteiger partial charge in [-0.3, -0.25) is 0 Å². The molecule has 20 heavy (non-hydrogen) atoms. The third-order valence-corrected chi connectivity index (χ3v) is 4.16. The number of ether oxygens (including phenoxy) is 3. The van der Waals surface area contributed by atoms with Crippen LogP contribution in [0, 0.1) is 0 Å². The molecule has 0 bridgehead atoms.